The van der Waals surface area contributed by atoms with Gasteiger partial charge in [-0.05, 0) is 98.0 Å². The third kappa shape index (κ3) is 3.86. The normalized spacial score (nSPS) is 45.0. The zero-order valence-corrected chi connectivity index (χ0v) is 25.0. The molecule has 39 heavy (non-hydrogen) atoms. The molecule has 0 bridgehead atoms. The van der Waals surface area contributed by atoms with Crippen LogP contribution in [0.5, 0.6) is 0 Å². The highest BCUT2D eigenvalue weighted by molar-refractivity contribution is 5.95. The topological polar surface area (TPSA) is 86.7 Å². The van der Waals surface area contributed by atoms with E-state index in [1.54, 1.807) is 6.08 Å². The van der Waals surface area contributed by atoms with Crippen molar-refractivity contribution >= 4 is 23.5 Å². The van der Waals surface area contributed by atoms with Crippen molar-refractivity contribution < 1.29 is 28.7 Å². The molecule has 0 radical (unpaired) electrons. The summed E-state index contributed by atoms with van der Waals surface area (Å²) in [7, 11) is 0. The summed E-state index contributed by atoms with van der Waals surface area (Å²) in [5.74, 6) is -0.256. The molecule has 5 aliphatic rings. The zero-order chi connectivity index (χ0) is 28.7. The maximum atomic E-state index is 13.4. The number of ketones is 2. The van der Waals surface area contributed by atoms with E-state index in [1.165, 1.54) is 13.8 Å². The molecule has 0 aromatic carbocycles. The second kappa shape index (κ2) is 9.14. The molecule has 0 saturated heterocycles. The first-order valence-corrected chi connectivity index (χ1v) is 14.9. The summed E-state index contributed by atoms with van der Waals surface area (Å²) < 4.78 is 11.8. The quantitative estimate of drug-likeness (QED) is 0.303. The van der Waals surface area contributed by atoms with Crippen molar-refractivity contribution in [2.75, 3.05) is 0 Å². The Kier molecular flexibility index (Phi) is 6.63. The van der Waals surface area contributed by atoms with Gasteiger partial charge < -0.3 is 9.47 Å². The van der Waals surface area contributed by atoms with Crippen molar-refractivity contribution in [2.24, 2.45) is 51.2 Å². The van der Waals surface area contributed by atoms with Crippen LogP contribution >= 0.6 is 0 Å². The van der Waals surface area contributed by atoms with Crippen molar-refractivity contribution in [3.05, 3.63) is 23.8 Å². The monoisotopic (exact) mass is 538 g/mol. The Morgan fingerprint density at radius 1 is 1.03 bits per heavy atom. The SMILES string of the molecule is CC(=O)O[C@H]1C[C@@]2(C)[C@@H]3CC[C@H]4[C@H](C)C(=O)C=CC45CC35CC[C@]2(C)[C@H]1C(C)[C@@H](OC(C)=O)C(=O)C=C(C)C. The average molecular weight is 539 g/mol. The van der Waals surface area contributed by atoms with Gasteiger partial charge in [0.1, 0.15) is 6.10 Å². The van der Waals surface area contributed by atoms with Crippen LogP contribution in [-0.2, 0) is 28.7 Å². The van der Waals surface area contributed by atoms with Crippen molar-refractivity contribution in [2.45, 2.75) is 106 Å². The Morgan fingerprint density at radius 3 is 2.33 bits per heavy atom. The highest BCUT2D eigenvalue weighted by atomic mass is 16.6. The number of rotatable bonds is 6. The third-order valence-corrected chi connectivity index (χ3v) is 12.4. The molecule has 4 fully saturated rings. The molecule has 0 aliphatic heterocycles. The molecule has 6 nitrogen and oxygen atoms in total. The van der Waals surface area contributed by atoms with E-state index < -0.39 is 12.1 Å². The Hall–Kier alpha value is -2.24. The number of carbonyl (C=O) groups is 4. The van der Waals surface area contributed by atoms with Gasteiger partial charge in [0.2, 0.25) is 0 Å². The highest BCUT2D eigenvalue weighted by Gasteiger charge is 2.81. The fourth-order valence-electron chi connectivity index (χ4n) is 10.8. The van der Waals surface area contributed by atoms with Gasteiger partial charge in [-0.3, -0.25) is 19.2 Å². The lowest BCUT2D eigenvalue weighted by Gasteiger charge is -2.61. The molecule has 6 heteroatoms. The van der Waals surface area contributed by atoms with E-state index in [1.807, 2.05) is 26.8 Å². The molecular formula is C33H46O6. The van der Waals surface area contributed by atoms with Crippen molar-refractivity contribution in [3.63, 3.8) is 0 Å². The van der Waals surface area contributed by atoms with E-state index in [-0.39, 0.29) is 63.1 Å². The molecule has 11 atom stereocenters. The van der Waals surface area contributed by atoms with Crippen LogP contribution in [0.1, 0.15) is 93.9 Å². The summed E-state index contributed by atoms with van der Waals surface area (Å²) in [6.07, 6.45) is 10.4. The van der Waals surface area contributed by atoms with Crippen LogP contribution in [0.4, 0.5) is 0 Å². The van der Waals surface area contributed by atoms with E-state index >= 15 is 0 Å². The number of carbonyl (C=O) groups excluding carboxylic acids is 4. The van der Waals surface area contributed by atoms with E-state index in [9.17, 15) is 19.2 Å². The van der Waals surface area contributed by atoms with Gasteiger partial charge in [0.05, 0.1) is 0 Å². The third-order valence-electron chi connectivity index (χ3n) is 12.4. The molecule has 0 aromatic heterocycles. The van der Waals surface area contributed by atoms with Gasteiger partial charge >= 0.3 is 11.9 Å². The lowest BCUT2D eigenvalue weighted by Crippen LogP contribution is -2.56. The number of hydrogen-bond donors (Lipinski definition) is 0. The predicted octanol–water partition coefficient (Wildman–Crippen LogP) is 6.03. The van der Waals surface area contributed by atoms with Gasteiger partial charge in [-0.25, -0.2) is 0 Å². The van der Waals surface area contributed by atoms with E-state index in [0.29, 0.717) is 11.8 Å². The van der Waals surface area contributed by atoms with Gasteiger partial charge in [-0.15, -0.1) is 0 Å². The van der Waals surface area contributed by atoms with E-state index in [0.717, 1.165) is 44.1 Å². The van der Waals surface area contributed by atoms with Crippen LogP contribution in [0.3, 0.4) is 0 Å². The van der Waals surface area contributed by atoms with Crippen LogP contribution in [0.15, 0.2) is 23.8 Å². The van der Waals surface area contributed by atoms with E-state index in [4.69, 9.17) is 9.47 Å². The zero-order valence-electron chi connectivity index (χ0n) is 25.0. The van der Waals surface area contributed by atoms with Crippen LogP contribution < -0.4 is 0 Å². The molecule has 0 aromatic rings. The van der Waals surface area contributed by atoms with Crippen molar-refractivity contribution in [3.8, 4) is 0 Å². The maximum absolute atomic E-state index is 13.4. The smallest absolute Gasteiger partial charge is 0.303 e. The largest absolute Gasteiger partial charge is 0.462 e. The number of fused-ring (bicyclic) bond motifs is 2. The van der Waals surface area contributed by atoms with Crippen LogP contribution in [0.25, 0.3) is 0 Å². The Balaban J connectivity index is 1.55. The predicted molar refractivity (Wildman–Crippen MR) is 147 cm³/mol. The Labute approximate surface area is 233 Å². The summed E-state index contributed by atoms with van der Waals surface area (Å²) in [5.41, 5.74) is 0.822. The minimum Gasteiger partial charge on any atom is -0.462 e. The Morgan fingerprint density at radius 2 is 1.72 bits per heavy atom. The van der Waals surface area contributed by atoms with Gasteiger partial charge in [0.25, 0.3) is 0 Å². The minimum atomic E-state index is -0.924. The fourth-order valence-corrected chi connectivity index (χ4v) is 10.8. The fraction of sp³-hybridized carbons (Fsp3) is 0.758. The summed E-state index contributed by atoms with van der Waals surface area (Å²) in [6, 6.07) is 0. The Bertz CT molecular complexity index is 1160. The number of hydrogen-bond acceptors (Lipinski definition) is 6. The molecular weight excluding hydrogens is 492 g/mol. The van der Waals surface area contributed by atoms with Crippen molar-refractivity contribution in [1.29, 1.82) is 0 Å². The summed E-state index contributed by atoms with van der Waals surface area (Å²) in [6.45, 7) is 15.4. The summed E-state index contributed by atoms with van der Waals surface area (Å²) in [4.78, 5) is 50.5. The molecule has 0 heterocycles. The minimum absolute atomic E-state index is 0.0761. The van der Waals surface area contributed by atoms with Crippen LogP contribution in [0, 0.1) is 51.2 Å². The number of esters is 2. The lowest BCUT2D eigenvalue weighted by molar-refractivity contribution is -0.166. The molecule has 4 saturated carbocycles. The van der Waals surface area contributed by atoms with Crippen molar-refractivity contribution in [1.82, 2.24) is 0 Å². The van der Waals surface area contributed by atoms with Gasteiger partial charge in [0.15, 0.2) is 17.7 Å². The summed E-state index contributed by atoms with van der Waals surface area (Å²) in [5, 5.41) is 0. The highest BCUT2D eigenvalue weighted by Crippen LogP contribution is 2.87. The molecule has 3 unspecified atom stereocenters. The maximum Gasteiger partial charge on any atom is 0.303 e. The molecule has 214 valence electrons. The first-order valence-electron chi connectivity index (χ1n) is 14.9. The summed E-state index contributed by atoms with van der Waals surface area (Å²) >= 11 is 0. The molecule has 0 amide bonds. The number of allylic oxidation sites excluding steroid dienone is 3. The molecule has 5 aliphatic carbocycles. The van der Waals surface area contributed by atoms with Crippen LogP contribution in [-0.4, -0.2) is 35.7 Å². The second-order valence-corrected chi connectivity index (χ2v) is 14.4. The van der Waals surface area contributed by atoms with Gasteiger partial charge in [-0.1, -0.05) is 39.3 Å². The molecule has 0 N–H and O–H groups in total. The lowest BCUT2D eigenvalue weighted by atomic mass is 9.43. The van der Waals surface area contributed by atoms with Gasteiger partial charge in [-0.2, -0.15) is 0 Å². The van der Waals surface area contributed by atoms with E-state index in [2.05, 4.69) is 26.8 Å². The van der Waals surface area contributed by atoms with Crippen LogP contribution in [0.2, 0.25) is 0 Å². The molecule has 2 spiro atoms. The standard InChI is InChI=1S/C33H46O6/c1-18(2)15-25(37)29(39-22(6)35)20(4)28-26(38-21(5)34)16-31(8)27-10-9-23-19(3)24(36)11-12-32(23)17-33(27,32)14-13-30(28,31)7/h11-12,15,19-20,23,26-29H,9-10,13-14,16-17H2,1-8H3/t19-,20?,23-,26-,27-,28-,29+,30+,31-,32?,33?/m0/s1. The first kappa shape index (κ1) is 28.3. The first-order chi connectivity index (χ1) is 18.1. The molecule has 5 rings (SSSR count). The second-order valence-electron chi connectivity index (χ2n) is 14.4. The average Bonchev–Trinajstić information content (AvgIpc) is 3.43. The van der Waals surface area contributed by atoms with Gasteiger partial charge in [0, 0.05) is 31.6 Å². The number of ether oxygens (including phenoxy) is 2.